The lowest BCUT2D eigenvalue weighted by Crippen LogP contribution is -2.21. The number of ether oxygens (including phenoxy) is 1. The quantitative estimate of drug-likeness (QED) is 0.391. The number of rotatable bonds is 7. The molecule has 3 aromatic heterocycles. The van der Waals surface area contributed by atoms with Gasteiger partial charge in [-0.1, -0.05) is 37.3 Å². The number of allylic oxidation sites excluding steroid dienone is 3. The number of benzene rings is 1. The first-order valence-corrected chi connectivity index (χ1v) is 12.0. The van der Waals surface area contributed by atoms with E-state index in [-0.39, 0.29) is 11.6 Å². The standard InChI is InChI=1S/C28H28N6O3/c1-18-5-4-11-29-24(25-17-31-26-13-21(37-3)10-12-34(25)26)14-23(18)30-15-19-6-8-20(9-7-19)22-16-32-33(2)27(22)28(35)36/h4,6-14,16-18,30H,5,15H2,1-3H3,(H,35,36)/b11-4+,23-14+,29-24-. The van der Waals surface area contributed by atoms with Crippen molar-refractivity contribution >= 4 is 17.3 Å². The van der Waals surface area contributed by atoms with Crippen molar-refractivity contribution in [3.8, 4) is 16.9 Å². The largest absolute Gasteiger partial charge is 0.497 e. The SMILES string of the molecule is COc1ccn2c(C3=N\C=C\CC(C)/C(NCc4ccc(-c5cnn(C)c5C(=O)O)cc4)=C\3)cnc2c1. The zero-order valence-corrected chi connectivity index (χ0v) is 20.9. The predicted octanol–water partition coefficient (Wildman–Crippen LogP) is 4.46. The maximum atomic E-state index is 11.6. The van der Waals surface area contributed by atoms with E-state index < -0.39 is 5.97 Å². The summed E-state index contributed by atoms with van der Waals surface area (Å²) in [5, 5.41) is 17.2. The lowest BCUT2D eigenvalue weighted by atomic mass is 10.00. The summed E-state index contributed by atoms with van der Waals surface area (Å²) >= 11 is 0. The van der Waals surface area contributed by atoms with Gasteiger partial charge in [0.25, 0.3) is 0 Å². The number of aliphatic imine (C=N–C) groups is 1. The molecule has 1 aromatic carbocycles. The van der Waals surface area contributed by atoms with E-state index in [0.717, 1.165) is 46.0 Å². The van der Waals surface area contributed by atoms with E-state index in [2.05, 4.69) is 34.5 Å². The molecule has 0 fully saturated rings. The number of pyridine rings is 1. The van der Waals surface area contributed by atoms with Crippen molar-refractivity contribution in [1.29, 1.82) is 0 Å². The van der Waals surface area contributed by atoms with Crippen molar-refractivity contribution in [3.63, 3.8) is 0 Å². The van der Waals surface area contributed by atoms with E-state index >= 15 is 0 Å². The third-order valence-electron chi connectivity index (χ3n) is 6.52. The Morgan fingerprint density at radius 2 is 2.03 bits per heavy atom. The van der Waals surface area contributed by atoms with Crippen LogP contribution in [0, 0.1) is 5.92 Å². The number of carbonyl (C=O) groups is 1. The number of carboxylic acids is 1. The van der Waals surface area contributed by atoms with Crippen LogP contribution in [0.2, 0.25) is 0 Å². The number of nitrogens with zero attached hydrogens (tertiary/aromatic N) is 5. The molecule has 1 atom stereocenters. The number of carboxylic acid groups (broad SMARTS) is 1. The predicted molar refractivity (Wildman–Crippen MR) is 142 cm³/mol. The van der Waals surface area contributed by atoms with E-state index in [4.69, 9.17) is 9.73 Å². The van der Waals surface area contributed by atoms with E-state index in [1.54, 1.807) is 20.4 Å². The number of hydrogen-bond acceptors (Lipinski definition) is 6. The van der Waals surface area contributed by atoms with Crippen LogP contribution in [-0.2, 0) is 13.6 Å². The van der Waals surface area contributed by atoms with Crippen LogP contribution < -0.4 is 10.1 Å². The third-order valence-corrected chi connectivity index (χ3v) is 6.52. The highest BCUT2D eigenvalue weighted by Crippen LogP contribution is 2.25. The second kappa shape index (κ2) is 10.1. The Morgan fingerprint density at radius 3 is 2.78 bits per heavy atom. The summed E-state index contributed by atoms with van der Waals surface area (Å²) in [4.78, 5) is 20.8. The third kappa shape index (κ3) is 4.88. The maximum Gasteiger partial charge on any atom is 0.354 e. The number of aryl methyl sites for hydroxylation is 1. The molecule has 1 unspecified atom stereocenters. The van der Waals surface area contributed by atoms with Crippen molar-refractivity contribution in [2.24, 2.45) is 18.0 Å². The lowest BCUT2D eigenvalue weighted by molar-refractivity contribution is 0.0686. The minimum absolute atomic E-state index is 0.171. The van der Waals surface area contributed by atoms with Gasteiger partial charge in [0.15, 0.2) is 5.69 Å². The second-order valence-corrected chi connectivity index (χ2v) is 8.96. The second-order valence-electron chi connectivity index (χ2n) is 8.96. The van der Waals surface area contributed by atoms with E-state index in [1.165, 1.54) is 4.68 Å². The molecule has 1 aliphatic rings. The smallest absolute Gasteiger partial charge is 0.354 e. The lowest BCUT2D eigenvalue weighted by Gasteiger charge is -2.19. The number of aromatic nitrogens is 4. The molecular formula is C28H28N6O3. The number of hydrogen-bond donors (Lipinski definition) is 2. The molecule has 2 N–H and O–H groups in total. The van der Waals surface area contributed by atoms with Crippen LogP contribution in [0.5, 0.6) is 5.75 Å². The minimum Gasteiger partial charge on any atom is -0.497 e. The average molecular weight is 497 g/mol. The summed E-state index contributed by atoms with van der Waals surface area (Å²) in [6.45, 7) is 2.81. The molecule has 0 aliphatic carbocycles. The maximum absolute atomic E-state index is 11.6. The van der Waals surface area contributed by atoms with Crippen LogP contribution in [0.3, 0.4) is 0 Å². The van der Waals surface area contributed by atoms with Gasteiger partial charge in [-0.15, -0.1) is 0 Å². The minimum atomic E-state index is -0.998. The van der Waals surface area contributed by atoms with Gasteiger partial charge in [0.05, 0.1) is 30.9 Å². The summed E-state index contributed by atoms with van der Waals surface area (Å²) in [5.74, 6) is 0.0285. The summed E-state index contributed by atoms with van der Waals surface area (Å²) in [7, 11) is 3.27. The highest BCUT2D eigenvalue weighted by molar-refractivity contribution is 6.08. The van der Waals surface area contributed by atoms with Crippen molar-refractivity contribution in [1.82, 2.24) is 24.5 Å². The number of nitrogens with one attached hydrogen (secondary N) is 1. The van der Waals surface area contributed by atoms with Gasteiger partial charge in [0.2, 0.25) is 0 Å². The molecule has 5 rings (SSSR count). The first-order chi connectivity index (χ1) is 17.9. The van der Waals surface area contributed by atoms with Gasteiger partial charge in [-0.05, 0) is 35.6 Å². The van der Waals surface area contributed by atoms with E-state index in [0.29, 0.717) is 12.1 Å². The molecule has 0 spiro atoms. The average Bonchev–Trinajstić information content (AvgIpc) is 3.49. The fourth-order valence-corrected chi connectivity index (χ4v) is 4.40. The monoisotopic (exact) mass is 496 g/mol. The number of methoxy groups -OCH3 is 1. The van der Waals surface area contributed by atoms with Gasteiger partial charge in [0, 0.05) is 43.3 Å². The Balaban J connectivity index is 1.37. The van der Waals surface area contributed by atoms with Gasteiger partial charge < -0.3 is 15.2 Å². The summed E-state index contributed by atoms with van der Waals surface area (Å²) < 4.78 is 8.70. The van der Waals surface area contributed by atoms with Crippen LogP contribution >= 0.6 is 0 Å². The number of imidazole rings is 1. The summed E-state index contributed by atoms with van der Waals surface area (Å²) in [6, 6.07) is 11.7. The Bertz CT molecular complexity index is 1540. The zero-order valence-electron chi connectivity index (χ0n) is 20.9. The van der Waals surface area contributed by atoms with Crippen LogP contribution in [0.15, 0.2) is 84.0 Å². The molecule has 1 aliphatic heterocycles. The Kier molecular flexibility index (Phi) is 6.59. The molecule has 9 heteroatoms. The molecule has 9 nitrogen and oxygen atoms in total. The number of aromatic carboxylic acids is 1. The van der Waals surface area contributed by atoms with E-state index in [1.807, 2.05) is 59.4 Å². The summed E-state index contributed by atoms with van der Waals surface area (Å²) in [6.07, 6.45) is 12.2. The topological polar surface area (TPSA) is 106 Å². The number of fused-ring (bicyclic) bond motifs is 1. The van der Waals surface area contributed by atoms with Crippen LogP contribution in [0.4, 0.5) is 0 Å². The van der Waals surface area contributed by atoms with Crippen LogP contribution in [0.1, 0.15) is 35.1 Å². The molecule has 4 heterocycles. The zero-order chi connectivity index (χ0) is 25.9. The Morgan fingerprint density at radius 1 is 1.22 bits per heavy atom. The highest BCUT2D eigenvalue weighted by Gasteiger charge is 2.18. The van der Waals surface area contributed by atoms with Crippen LogP contribution in [-0.4, -0.2) is 43.1 Å². The molecule has 0 radical (unpaired) electrons. The van der Waals surface area contributed by atoms with Gasteiger partial charge in [0.1, 0.15) is 11.4 Å². The molecular weight excluding hydrogens is 468 g/mol. The first-order valence-electron chi connectivity index (χ1n) is 12.0. The van der Waals surface area contributed by atoms with Crippen molar-refractivity contribution in [3.05, 3.63) is 96.0 Å². The van der Waals surface area contributed by atoms with Crippen molar-refractivity contribution in [2.75, 3.05) is 7.11 Å². The van der Waals surface area contributed by atoms with Crippen molar-refractivity contribution in [2.45, 2.75) is 19.9 Å². The molecule has 0 amide bonds. The fraction of sp³-hybridized carbons (Fsp3) is 0.214. The molecule has 188 valence electrons. The normalized spacial score (nSPS) is 19.3. The highest BCUT2D eigenvalue weighted by atomic mass is 16.5. The summed E-state index contributed by atoms with van der Waals surface area (Å²) in [5.41, 5.74) is 6.25. The van der Waals surface area contributed by atoms with E-state index in [9.17, 15) is 9.90 Å². The Hall–Kier alpha value is -4.66. The molecule has 0 saturated carbocycles. The Labute approximate surface area is 214 Å². The van der Waals surface area contributed by atoms with Gasteiger partial charge >= 0.3 is 5.97 Å². The van der Waals surface area contributed by atoms with Gasteiger partial charge in [-0.3, -0.25) is 14.1 Å². The van der Waals surface area contributed by atoms with Gasteiger partial charge in [-0.25, -0.2) is 9.78 Å². The van der Waals surface area contributed by atoms with Crippen molar-refractivity contribution < 1.29 is 14.6 Å². The molecule has 0 saturated heterocycles. The first kappa shape index (κ1) is 24.1. The fourth-order valence-electron chi connectivity index (χ4n) is 4.40. The molecule has 4 aromatic rings. The molecule has 0 bridgehead atoms. The van der Waals surface area contributed by atoms with Crippen LogP contribution in [0.25, 0.3) is 16.8 Å². The van der Waals surface area contributed by atoms with Gasteiger partial charge in [-0.2, -0.15) is 5.10 Å². The molecule has 37 heavy (non-hydrogen) atoms.